The van der Waals surface area contributed by atoms with Crippen molar-refractivity contribution in [3.8, 4) is 5.75 Å². The maximum atomic E-state index is 14.2. The molecule has 2 unspecified atom stereocenters. The van der Waals surface area contributed by atoms with Crippen molar-refractivity contribution in [3.63, 3.8) is 0 Å². The second-order valence-electron chi connectivity index (χ2n) is 4.72. The SMILES string of the molecule is COc1cccc(C(=O)C2=CNC3N=CC(Br)=CC23)c1F. The van der Waals surface area contributed by atoms with Gasteiger partial charge in [0.15, 0.2) is 17.3 Å². The first-order valence-corrected chi connectivity index (χ1v) is 7.15. The largest absolute Gasteiger partial charge is 0.494 e. The third-order valence-electron chi connectivity index (χ3n) is 3.50. The molecular weight excluding hydrogens is 339 g/mol. The third kappa shape index (κ3) is 2.40. The minimum absolute atomic E-state index is 0.00197. The molecule has 108 valence electrons. The number of carbonyl (C=O) groups excluding carboxylic acids is 1. The van der Waals surface area contributed by atoms with E-state index in [9.17, 15) is 9.18 Å². The van der Waals surface area contributed by atoms with Crippen LogP contribution < -0.4 is 10.1 Å². The first-order chi connectivity index (χ1) is 10.1. The van der Waals surface area contributed by atoms with Crippen molar-refractivity contribution in [2.45, 2.75) is 6.17 Å². The second-order valence-corrected chi connectivity index (χ2v) is 5.63. The predicted octanol–water partition coefficient (Wildman–Crippen LogP) is 2.81. The molecule has 1 aromatic carbocycles. The summed E-state index contributed by atoms with van der Waals surface area (Å²) in [5, 5.41) is 3.03. The van der Waals surface area contributed by atoms with Crippen molar-refractivity contribution in [2.75, 3.05) is 7.11 Å². The number of nitrogens with one attached hydrogen (secondary N) is 1. The van der Waals surface area contributed by atoms with Gasteiger partial charge in [-0.25, -0.2) is 4.39 Å². The zero-order chi connectivity index (χ0) is 15.0. The number of methoxy groups -OCH3 is 1. The smallest absolute Gasteiger partial charge is 0.194 e. The molecule has 3 rings (SSSR count). The Labute approximate surface area is 129 Å². The van der Waals surface area contributed by atoms with Gasteiger partial charge in [0.05, 0.1) is 12.7 Å². The number of ketones is 1. The number of hydrogen-bond acceptors (Lipinski definition) is 4. The van der Waals surface area contributed by atoms with Crippen LogP contribution in [0.4, 0.5) is 4.39 Å². The van der Waals surface area contributed by atoms with Crippen LogP contribution in [0.5, 0.6) is 5.75 Å². The lowest BCUT2D eigenvalue weighted by atomic mass is 9.91. The number of halogens is 2. The average molecular weight is 351 g/mol. The van der Waals surface area contributed by atoms with Crippen LogP contribution in [0.2, 0.25) is 0 Å². The molecule has 0 radical (unpaired) electrons. The molecule has 0 aromatic heterocycles. The average Bonchev–Trinajstić information content (AvgIpc) is 2.89. The van der Waals surface area contributed by atoms with E-state index in [1.54, 1.807) is 18.5 Å². The summed E-state index contributed by atoms with van der Waals surface area (Å²) in [6.07, 6.45) is 4.97. The zero-order valence-corrected chi connectivity index (χ0v) is 12.7. The fourth-order valence-corrected chi connectivity index (χ4v) is 2.85. The van der Waals surface area contributed by atoms with Crippen molar-refractivity contribution in [1.29, 1.82) is 0 Å². The maximum absolute atomic E-state index is 14.2. The van der Waals surface area contributed by atoms with E-state index in [0.29, 0.717) is 5.57 Å². The molecule has 0 bridgehead atoms. The lowest BCUT2D eigenvalue weighted by Gasteiger charge is -2.19. The van der Waals surface area contributed by atoms with Crippen molar-refractivity contribution in [2.24, 2.45) is 10.9 Å². The van der Waals surface area contributed by atoms with Crippen molar-refractivity contribution in [1.82, 2.24) is 5.32 Å². The maximum Gasteiger partial charge on any atom is 0.194 e. The monoisotopic (exact) mass is 350 g/mol. The Morgan fingerprint density at radius 1 is 1.48 bits per heavy atom. The Morgan fingerprint density at radius 2 is 2.29 bits per heavy atom. The minimum Gasteiger partial charge on any atom is -0.494 e. The highest BCUT2D eigenvalue weighted by molar-refractivity contribution is 9.12. The molecule has 1 N–H and O–H groups in total. The highest BCUT2D eigenvalue weighted by atomic mass is 79.9. The highest BCUT2D eigenvalue weighted by Crippen LogP contribution is 2.32. The van der Waals surface area contributed by atoms with Crippen LogP contribution >= 0.6 is 15.9 Å². The first-order valence-electron chi connectivity index (χ1n) is 6.35. The predicted molar refractivity (Wildman–Crippen MR) is 81.3 cm³/mol. The van der Waals surface area contributed by atoms with Crippen LogP contribution in [0, 0.1) is 11.7 Å². The van der Waals surface area contributed by atoms with Gasteiger partial charge in [0.1, 0.15) is 6.17 Å². The van der Waals surface area contributed by atoms with Gasteiger partial charge in [-0.15, -0.1) is 0 Å². The molecule has 2 heterocycles. The van der Waals surface area contributed by atoms with Gasteiger partial charge in [-0.3, -0.25) is 9.79 Å². The van der Waals surface area contributed by atoms with Gasteiger partial charge >= 0.3 is 0 Å². The number of Topliss-reactive ketones (excluding diaryl/α,β-unsaturated/α-hetero) is 1. The Morgan fingerprint density at radius 3 is 3.05 bits per heavy atom. The Bertz CT molecular complexity index is 697. The topological polar surface area (TPSA) is 50.7 Å². The van der Waals surface area contributed by atoms with Crippen molar-refractivity contribution < 1.29 is 13.9 Å². The van der Waals surface area contributed by atoms with E-state index in [0.717, 1.165) is 4.48 Å². The highest BCUT2D eigenvalue weighted by Gasteiger charge is 2.34. The fourth-order valence-electron chi connectivity index (χ4n) is 2.44. The normalized spacial score (nSPS) is 23.0. The second kappa shape index (κ2) is 5.44. The summed E-state index contributed by atoms with van der Waals surface area (Å²) in [6, 6.07) is 4.54. The van der Waals surface area contributed by atoms with Gasteiger partial charge in [-0.2, -0.15) is 0 Å². The molecule has 0 amide bonds. The number of carbonyl (C=O) groups is 1. The molecule has 2 atom stereocenters. The van der Waals surface area contributed by atoms with Crippen molar-refractivity contribution in [3.05, 3.63) is 51.9 Å². The van der Waals surface area contributed by atoms with Gasteiger partial charge in [-0.05, 0) is 28.1 Å². The van der Waals surface area contributed by atoms with E-state index >= 15 is 0 Å². The van der Waals surface area contributed by atoms with E-state index in [-0.39, 0.29) is 29.2 Å². The molecule has 2 aliphatic rings. The fraction of sp³-hybridized carbons (Fsp3) is 0.200. The summed E-state index contributed by atoms with van der Waals surface area (Å²) in [5.41, 5.74) is 0.489. The summed E-state index contributed by atoms with van der Waals surface area (Å²) in [4.78, 5) is 16.9. The van der Waals surface area contributed by atoms with E-state index < -0.39 is 5.82 Å². The van der Waals surface area contributed by atoms with E-state index in [4.69, 9.17) is 4.74 Å². The number of dihydropyridines is 1. The number of ether oxygens (including phenoxy) is 1. The number of allylic oxidation sites excluding steroid dienone is 1. The summed E-state index contributed by atoms with van der Waals surface area (Å²) < 4.78 is 19.9. The Hall–Kier alpha value is -1.95. The summed E-state index contributed by atoms with van der Waals surface area (Å²) in [7, 11) is 1.37. The molecular formula is C15H12BrFN2O2. The zero-order valence-electron chi connectivity index (χ0n) is 11.1. The molecule has 0 spiro atoms. The summed E-state index contributed by atoms with van der Waals surface area (Å²) >= 11 is 3.35. The number of rotatable bonds is 3. The van der Waals surface area contributed by atoms with E-state index in [1.807, 2.05) is 6.08 Å². The summed E-state index contributed by atoms with van der Waals surface area (Å²) in [6.45, 7) is 0. The number of aliphatic imine (C=N–C) groups is 1. The molecule has 0 aliphatic carbocycles. The van der Waals surface area contributed by atoms with E-state index in [1.165, 1.54) is 19.2 Å². The molecule has 0 saturated carbocycles. The standard InChI is InChI=1S/C15H12BrFN2O2/c1-21-12-4-2-3-9(13(12)17)14(20)11-7-19-15-10(11)5-8(16)6-18-15/h2-7,10,15,19H,1H3. The molecule has 0 saturated heterocycles. The Balaban J connectivity index is 1.95. The molecule has 1 aromatic rings. The minimum atomic E-state index is -0.642. The third-order valence-corrected chi connectivity index (χ3v) is 3.97. The number of hydrogen-bond donors (Lipinski definition) is 1. The van der Waals surface area contributed by atoms with Gasteiger partial charge in [0, 0.05) is 28.4 Å². The van der Waals surface area contributed by atoms with Crippen LogP contribution in [0.3, 0.4) is 0 Å². The van der Waals surface area contributed by atoms with Gasteiger partial charge in [0.25, 0.3) is 0 Å². The number of fused-ring (bicyclic) bond motifs is 1. The van der Waals surface area contributed by atoms with Gasteiger partial charge in [-0.1, -0.05) is 12.1 Å². The van der Waals surface area contributed by atoms with Gasteiger partial charge < -0.3 is 10.1 Å². The lowest BCUT2D eigenvalue weighted by Crippen LogP contribution is -2.27. The molecule has 4 nitrogen and oxygen atoms in total. The summed E-state index contributed by atoms with van der Waals surface area (Å²) in [5.74, 6) is -1.15. The molecule has 6 heteroatoms. The lowest BCUT2D eigenvalue weighted by molar-refractivity contribution is 0.102. The molecule has 21 heavy (non-hydrogen) atoms. The van der Waals surface area contributed by atoms with Crippen LogP contribution in [-0.4, -0.2) is 25.3 Å². The van der Waals surface area contributed by atoms with E-state index in [2.05, 4.69) is 26.2 Å². The molecule has 0 fully saturated rings. The van der Waals surface area contributed by atoms with Gasteiger partial charge in [0.2, 0.25) is 0 Å². The van der Waals surface area contributed by atoms with Crippen LogP contribution in [0.25, 0.3) is 0 Å². The van der Waals surface area contributed by atoms with Crippen LogP contribution in [0.15, 0.2) is 45.5 Å². The van der Waals surface area contributed by atoms with Crippen LogP contribution in [0.1, 0.15) is 10.4 Å². The number of nitrogens with zero attached hydrogens (tertiary/aromatic N) is 1. The first kappa shape index (κ1) is 14.0. The quantitative estimate of drug-likeness (QED) is 0.852. The van der Waals surface area contributed by atoms with Crippen LogP contribution in [-0.2, 0) is 0 Å². The number of benzene rings is 1. The molecule has 2 aliphatic heterocycles. The Kier molecular flexibility index (Phi) is 3.63. The van der Waals surface area contributed by atoms with Crippen molar-refractivity contribution >= 4 is 27.9 Å².